The predicted octanol–water partition coefficient (Wildman–Crippen LogP) is 5.25. The van der Waals surface area contributed by atoms with Gasteiger partial charge in [0.05, 0.1) is 31.4 Å². The van der Waals surface area contributed by atoms with Gasteiger partial charge in [0.15, 0.2) is 11.6 Å². The monoisotopic (exact) mass is 821 g/mol. The first-order chi connectivity index (χ1) is 28.3. The number of nitrogens with zero attached hydrogens (tertiary/aromatic N) is 2. The fourth-order valence-electron chi connectivity index (χ4n) is 9.68. The molecule has 0 saturated carbocycles. The molecule has 0 aliphatic carbocycles. The summed E-state index contributed by atoms with van der Waals surface area (Å²) in [5.41, 5.74) is 2.31. The number of rotatable bonds is 15. The Kier molecular flexibility index (Phi) is 12.6. The maximum atomic E-state index is 17.4. The zero-order valence-electron chi connectivity index (χ0n) is 33.0. The summed E-state index contributed by atoms with van der Waals surface area (Å²) >= 11 is 5.71. The van der Waals surface area contributed by atoms with E-state index in [9.17, 15) is 14.7 Å². The number of ether oxygens (including phenoxy) is 3. The number of fused-ring (bicyclic) bond motifs is 4. The Hall–Kier alpha value is -4.13. The first kappa shape index (κ1) is 40.6. The SMILES string of the molecule is O=C(NCCOCCOCCCCCCCl)c1c(F)c(F)c(C(=O)[O-])c(C2=c3cc4c5c(c3Oc3c2cc2c6c3CCCN6CCCC2)CCC[N+]=5CCCC4)c1F. The number of carbonyl (C=O) groups is 2. The molecule has 58 heavy (non-hydrogen) atoms. The van der Waals surface area contributed by atoms with Crippen LogP contribution in [0, 0.1) is 17.5 Å². The van der Waals surface area contributed by atoms with Crippen molar-refractivity contribution in [2.75, 3.05) is 69.9 Å². The first-order valence-electron chi connectivity index (χ1n) is 21.1. The van der Waals surface area contributed by atoms with Crippen molar-refractivity contribution in [1.29, 1.82) is 0 Å². The van der Waals surface area contributed by atoms with Crippen LogP contribution >= 0.6 is 11.6 Å². The number of anilines is 1. The lowest BCUT2D eigenvalue weighted by atomic mass is 9.82. The molecule has 0 fully saturated rings. The lowest BCUT2D eigenvalue weighted by Gasteiger charge is -2.36. The third-order valence-electron chi connectivity index (χ3n) is 12.3. The van der Waals surface area contributed by atoms with E-state index >= 15 is 13.2 Å². The van der Waals surface area contributed by atoms with Crippen LogP contribution in [0.15, 0.2) is 12.1 Å². The molecule has 9 nitrogen and oxygen atoms in total. The number of carboxylic acid groups (broad SMARTS) is 1. The molecule has 310 valence electrons. The topological polar surface area (TPSA) is 103 Å². The minimum Gasteiger partial charge on any atom is -0.545 e. The molecule has 0 atom stereocenters. The van der Waals surface area contributed by atoms with E-state index in [1.165, 1.54) is 0 Å². The van der Waals surface area contributed by atoms with Crippen molar-refractivity contribution in [3.63, 3.8) is 0 Å². The summed E-state index contributed by atoms with van der Waals surface area (Å²) in [5.74, 6) is -6.95. The van der Waals surface area contributed by atoms with Gasteiger partial charge in [-0.1, -0.05) is 12.8 Å². The summed E-state index contributed by atoms with van der Waals surface area (Å²) in [6.45, 7) is 4.59. The number of carboxylic acids is 1. The minimum atomic E-state index is -2.09. The Morgan fingerprint density at radius 1 is 0.776 bits per heavy atom. The van der Waals surface area contributed by atoms with Gasteiger partial charge in [0.1, 0.15) is 36.0 Å². The average molecular weight is 822 g/mol. The zero-order valence-corrected chi connectivity index (χ0v) is 33.7. The van der Waals surface area contributed by atoms with Crippen LogP contribution in [-0.2, 0) is 35.2 Å². The van der Waals surface area contributed by atoms with E-state index in [2.05, 4.69) is 14.8 Å². The van der Waals surface area contributed by atoms with Gasteiger partial charge >= 0.3 is 0 Å². The number of aryl methyl sites for hydroxylation is 2. The van der Waals surface area contributed by atoms with E-state index in [1.807, 2.05) is 12.1 Å². The Balaban J connectivity index is 1.22. The van der Waals surface area contributed by atoms with E-state index in [0.717, 1.165) is 137 Å². The van der Waals surface area contributed by atoms with E-state index in [1.54, 1.807) is 0 Å². The predicted molar refractivity (Wildman–Crippen MR) is 213 cm³/mol. The number of hydrogen-bond donors (Lipinski definition) is 1. The third kappa shape index (κ3) is 7.72. The lowest BCUT2D eigenvalue weighted by molar-refractivity contribution is -0.255. The summed E-state index contributed by atoms with van der Waals surface area (Å²) < 4.78 is 70.2. The van der Waals surface area contributed by atoms with Gasteiger partial charge in [0, 0.05) is 89.3 Å². The van der Waals surface area contributed by atoms with Crippen LogP contribution < -0.4 is 35.2 Å². The molecular weight excluding hydrogens is 771 g/mol. The van der Waals surface area contributed by atoms with Crippen LogP contribution in [0.2, 0.25) is 0 Å². The van der Waals surface area contributed by atoms with Gasteiger partial charge in [0.25, 0.3) is 5.91 Å². The average Bonchev–Trinajstić information content (AvgIpc) is 3.56. The van der Waals surface area contributed by atoms with Gasteiger partial charge in [-0.3, -0.25) is 4.79 Å². The van der Waals surface area contributed by atoms with Gasteiger partial charge in [-0.2, -0.15) is 0 Å². The van der Waals surface area contributed by atoms with Crippen LogP contribution in [-0.4, -0.2) is 76.9 Å². The molecule has 3 aromatic rings. The van der Waals surface area contributed by atoms with Crippen LogP contribution in [0.3, 0.4) is 0 Å². The first-order valence-corrected chi connectivity index (χ1v) is 21.7. The largest absolute Gasteiger partial charge is 0.545 e. The molecule has 5 aliphatic heterocycles. The minimum absolute atomic E-state index is 0.00576. The highest BCUT2D eigenvalue weighted by Crippen LogP contribution is 2.49. The van der Waals surface area contributed by atoms with Crippen LogP contribution in [0.5, 0.6) is 11.5 Å². The number of halogens is 4. The van der Waals surface area contributed by atoms with E-state index in [-0.39, 0.29) is 25.3 Å². The van der Waals surface area contributed by atoms with Gasteiger partial charge < -0.3 is 34.3 Å². The highest BCUT2D eigenvalue weighted by atomic mass is 35.5. The molecule has 3 aromatic carbocycles. The third-order valence-corrected chi connectivity index (χ3v) is 12.5. The summed E-state index contributed by atoms with van der Waals surface area (Å²) in [5, 5.41) is 16.9. The van der Waals surface area contributed by atoms with Gasteiger partial charge in [0.2, 0.25) is 5.36 Å². The van der Waals surface area contributed by atoms with Gasteiger partial charge in [-0.05, 0) is 81.9 Å². The summed E-state index contributed by atoms with van der Waals surface area (Å²) in [6, 6.07) is 3.84. The molecule has 5 aliphatic rings. The summed E-state index contributed by atoms with van der Waals surface area (Å²) in [7, 11) is 0. The fraction of sp³-hybridized carbons (Fsp3) is 0.533. The molecule has 0 unspecified atom stereocenters. The second kappa shape index (κ2) is 18.0. The number of aromatic carboxylic acids is 1. The number of nitrogens with one attached hydrogen (secondary N) is 1. The molecular formula is C45H51ClF3N3O6. The van der Waals surface area contributed by atoms with E-state index in [0.29, 0.717) is 54.2 Å². The second-order valence-corrected chi connectivity index (χ2v) is 16.4. The number of benzene rings is 3. The highest BCUT2D eigenvalue weighted by Gasteiger charge is 2.39. The zero-order chi connectivity index (χ0) is 40.3. The van der Waals surface area contributed by atoms with Crippen molar-refractivity contribution >= 4 is 34.7 Å². The van der Waals surface area contributed by atoms with E-state index < -0.39 is 46.0 Å². The Labute approximate surface area is 341 Å². The number of unbranched alkanes of at least 4 members (excludes halogenated alkanes) is 3. The molecule has 0 radical (unpaired) electrons. The van der Waals surface area contributed by atoms with Crippen molar-refractivity contribution in [2.45, 2.75) is 89.9 Å². The van der Waals surface area contributed by atoms with Crippen molar-refractivity contribution in [3.05, 3.63) is 84.7 Å². The Bertz CT molecular complexity index is 2250. The molecule has 0 spiro atoms. The highest BCUT2D eigenvalue weighted by molar-refractivity contribution is 6.17. The standard InChI is InChI=1S/C45H51ClF3N3O6/c46-15-5-1-2-8-21-56-23-24-57-22-16-50-44(53)36-37(47)34(35(45(54)55)38(48)39(36)49)33-31-25-27-11-3-6-17-51-19-9-13-29(40(27)51)42(31)58-43-30-14-10-20-52-18-7-4-12-28(41(30)52)26-32(33)43/h25-26H,1-24H2,(H-,50,53,54,55). The number of hydrogen-bond acceptors (Lipinski definition) is 7. The summed E-state index contributed by atoms with van der Waals surface area (Å²) in [4.78, 5) is 28.9. The maximum absolute atomic E-state index is 17.4. The molecule has 1 amide bonds. The smallest absolute Gasteiger partial charge is 0.257 e. The quantitative estimate of drug-likeness (QED) is 0.0758. The van der Waals surface area contributed by atoms with Crippen molar-refractivity contribution in [2.24, 2.45) is 0 Å². The summed E-state index contributed by atoms with van der Waals surface area (Å²) in [6.07, 6.45) is 12.3. The molecule has 13 heteroatoms. The van der Waals surface area contributed by atoms with Crippen molar-refractivity contribution in [1.82, 2.24) is 9.89 Å². The molecule has 0 saturated heterocycles. The molecule has 8 rings (SSSR count). The normalized spacial score (nSPS) is 16.7. The Morgan fingerprint density at radius 2 is 1.50 bits per heavy atom. The molecule has 0 bridgehead atoms. The van der Waals surface area contributed by atoms with Gasteiger partial charge in [-0.15, -0.1) is 11.6 Å². The fourth-order valence-corrected chi connectivity index (χ4v) is 9.87. The number of amides is 1. The Morgan fingerprint density at radius 3 is 2.33 bits per heavy atom. The molecule has 0 aromatic heterocycles. The lowest BCUT2D eigenvalue weighted by Crippen LogP contribution is -2.41. The van der Waals surface area contributed by atoms with Crippen LogP contribution in [0.1, 0.15) is 118 Å². The van der Waals surface area contributed by atoms with Crippen molar-refractivity contribution in [3.8, 4) is 11.5 Å². The molecule has 5 heterocycles. The molecule has 1 N–H and O–H groups in total. The number of alkyl halides is 1. The van der Waals surface area contributed by atoms with Crippen LogP contribution in [0.4, 0.5) is 18.9 Å². The second-order valence-electron chi connectivity index (χ2n) is 16.0. The van der Waals surface area contributed by atoms with Crippen LogP contribution in [0.25, 0.3) is 5.57 Å². The van der Waals surface area contributed by atoms with Gasteiger partial charge in [-0.25, -0.2) is 17.7 Å². The van der Waals surface area contributed by atoms with E-state index in [4.69, 9.17) is 25.8 Å². The van der Waals surface area contributed by atoms with Crippen molar-refractivity contribution < 1.29 is 42.1 Å². The maximum Gasteiger partial charge on any atom is 0.257 e. The number of carbonyl (C=O) groups excluding carboxylic acids is 2.